The number of rotatable bonds is 5. The molecule has 112 valence electrons. The summed E-state index contributed by atoms with van der Waals surface area (Å²) in [6.45, 7) is 5.89. The summed E-state index contributed by atoms with van der Waals surface area (Å²) >= 11 is 0. The molecule has 1 aliphatic rings. The first-order chi connectivity index (χ1) is 10.2. The van der Waals surface area contributed by atoms with Crippen LogP contribution in [0.15, 0.2) is 12.1 Å². The van der Waals surface area contributed by atoms with Crippen LogP contribution >= 0.6 is 0 Å². The predicted octanol–water partition coefficient (Wildman–Crippen LogP) is 1.51. The lowest BCUT2D eigenvalue weighted by molar-refractivity contribution is -0.118. The molecule has 0 aliphatic carbocycles. The normalized spacial score (nSPS) is 13.0. The molecule has 0 unspecified atom stereocenters. The van der Waals surface area contributed by atoms with Gasteiger partial charge in [-0.25, -0.2) is 0 Å². The van der Waals surface area contributed by atoms with Gasteiger partial charge >= 0.3 is 0 Å². The summed E-state index contributed by atoms with van der Waals surface area (Å²) in [5.74, 6) is 0.886. The number of carbonyl (C=O) groups is 1. The number of benzene rings is 1. The number of hydrogen-bond donors (Lipinski definition) is 1. The Labute approximate surface area is 123 Å². The van der Waals surface area contributed by atoms with Crippen molar-refractivity contribution in [3.63, 3.8) is 0 Å². The maximum Gasteiger partial charge on any atom is 0.297 e. The quantitative estimate of drug-likeness (QED) is 0.906. The summed E-state index contributed by atoms with van der Waals surface area (Å²) in [7, 11) is 0. The molecule has 1 amide bonds. The van der Waals surface area contributed by atoms with E-state index in [9.17, 15) is 4.79 Å². The summed E-state index contributed by atoms with van der Waals surface area (Å²) in [4.78, 5) is 15.6. The van der Waals surface area contributed by atoms with Gasteiger partial charge < -0.3 is 14.8 Å². The summed E-state index contributed by atoms with van der Waals surface area (Å²) in [6, 6.07) is 4.51. The summed E-state index contributed by atoms with van der Waals surface area (Å²) in [6.07, 6.45) is 0.879. The molecule has 0 radical (unpaired) electrons. The van der Waals surface area contributed by atoms with Crippen LogP contribution in [0.2, 0.25) is 0 Å². The first kappa shape index (κ1) is 13.7. The van der Waals surface area contributed by atoms with Crippen molar-refractivity contribution in [2.75, 3.05) is 19.8 Å². The van der Waals surface area contributed by atoms with Crippen molar-refractivity contribution in [1.82, 2.24) is 14.9 Å². The molecule has 21 heavy (non-hydrogen) atoms. The Morgan fingerprint density at radius 3 is 3.14 bits per heavy atom. The zero-order valence-electron chi connectivity index (χ0n) is 12.3. The highest BCUT2D eigenvalue weighted by Gasteiger charge is 2.21. The van der Waals surface area contributed by atoms with Crippen LogP contribution in [0.1, 0.15) is 19.4 Å². The fraction of sp³-hybridized carbons (Fsp3) is 0.467. The number of fused-ring (bicyclic) bond motifs is 3. The van der Waals surface area contributed by atoms with Crippen LogP contribution < -0.4 is 14.8 Å². The second-order valence-electron chi connectivity index (χ2n) is 4.97. The van der Waals surface area contributed by atoms with Gasteiger partial charge in [0.25, 0.3) is 6.01 Å². The smallest absolute Gasteiger partial charge is 0.297 e. The highest BCUT2D eigenvalue weighted by Crippen LogP contribution is 2.34. The average Bonchev–Trinajstić information content (AvgIpc) is 3.03. The fourth-order valence-electron chi connectivity index (χ4n) is 2.69. The van der Waals surface area contributed by atoms with Crippen LogP contribution in [0.4, 0.5) is 0 Å². The summed E-state index contributed by atoms with van der Waals surface area (Å²) in [5, 5.41) is 2.81. The van der Waals surface area contributed by atoms with Gasteiger partial charge in [-0.05, 0) is 19.1 Å². The van der Waals surface area contributed by atoms with Crippen molar-refractivity contribution in [3.8, 4) is 11.8 Å². The van der Waals surface area contributed by atoms with Gasteiger partial charge in [-0.1, -0.05) is 0 Å². The third kappa shape index (κ3) is 2.53. The van der Waals surface area contributed by atoms with E-state index in [4.69, 9.17) is 9.47 Å². The van der Waals surface area contributed by atoms with Crippen LogP contribution in [-0.4, -0.2) is 35.2 Å². The van der Waals surface area contributed by atoms with Crippen LogP contribution in [0, 0.1) is 0 Å². The van der Waals surface area contributed by atoms with Gasteiger partial charge in [-0.2, -0.15) is 4.98 Å². The SMILES string of the molecule is CCOc1nc2ccc3c(c2n1CCNC(C)=O)CCO3. The number of aromatic nitrogens is 2. The third-order valence-electron chi connectivity index (χ3n) is 3.53. The maximum atomic E-state index is 11.0. The van der Waals surface area contributed by atoms with Crippen LogP contribution in [0.25, 0.3) is 11.0 Å². The minimum atomic E-state index is -0.0362. The molecule has 0 atom stereocenters. The second kappa shape index (κ2) is 5.63. The Morgan fingerprint density at radius 1 is 1.52 bits per heavy atom. The number of amides is 1. The molecule has 6 heteroatoms. The molecule has 1 aromatic heterocycles. The molecule has 0 saturated heterocycles. The Bertz CT molecular complexity index is 678. The Hall–Kier alpha value is -2.24. The zero-order valence-corrected chi connectivity index (χ0v) is 12.3. The number of ether oxygens (including phenoxy) is 2. The lowest BCUT2D eigenvalue weighted by Gasteiger charge is -2.10. The molecule has 6 nitrogen and oxygen atoms in total. The first-order valence-electron chi connectivity index (χ1n) is 7.23. The van der Waals surface area contributed by atoms with Gasteiger partial charge in [0.15, 0.2) is 0 Å². The number of carbonyl (C=O) groups excluding carboxylic acids is 1. The van der Waals surface area contributed by atoms with Gasteiger partial charge in [0, 0.05) is 32.0 Å². The van der Waals surface area contributed by atoms with Crippen LogP contribution in [-0.2, 0) is 17.8 Å². The van der Waals surface area contributed by atoms with E-state index in [1.807, 2.05) is 23.6 Å². The van der Waals surface area contributed by atoms with Gasteiger partial charge in [-0.3, -0.25) is 9.36 Å². The molecule has 1 aliphatic heterocycles. The van der Waals surface area contributed by atoms with Gasteiger partial charge in [0.2, 0.25) is 5.91 Å². The lowest BCUT2D eigenvalue weighted by Crippen LogP contribution is -2.24. The molecule has 0 fully saturated rings. The number of hydrogen-bond acceptors (Lipinski definition) is 4. The fourth-order valence-corrected chi connectivity index (χ4v) is 2.69. The zero-order chi connectivity index (χ0) is 14.8. The molecule has 3 rings (SSSR count). The van der Waals surface area contributed by atoms with Gasteiger partial charge in [0.1, 0.15) is 5.75 Å². The Morgan fingerprint density at radius 2 is 2.38 bits per heavy atom. The summed E-state index contributed by atoms with van der Waals surface area (Å²) in [5.41, 5.74) is 3.14. The standard InChI is InChI=1S/C15H19N3O3/c1-3-20-15-17-12-4-5-13-11(6-9-21-13)14(12)18(15)8-7-16-10(2)19/h4-5H,3,6-9H2,1-2H3,(H,16,19). The number of nitrogens with one attached hydrogen (secondary N) is 1. The Kier molecular flexibility index (Phi) is 3.68. The van der Waals surface area contributed by atoms with Crippen molar-refractivity contribution < 1.29 is 14.3 Å². The van der Waals surface area contributed by atoms with E-state index in [-0.39, 0.29) is 5.91 Å². The molecule has 2 heterocycles. The second-order valence-corrected chi connectivity index (χ2v) is 4.97. The average molecular weight is 289 g/mol. The number of imidazole rings is 1. The molecule has 2 aromatic rings. The summed E-state index contributed by atoms with van der Waals surface area (Å²) < 4.78 is 13.3. The first-order valence-corrected chi connectivity index (χ1v) is 7.23. The Balaban J connectivity index is 2.02. The van der Waals surface area contributed by atoms with Gasteiger partial charge in [-0.15, -0.1) is 0 Å². The molecule has 1 N–H and O–H groups in total. The van der Waals surface area contributed by atoms with E-state index in [0.717, 1.165) is 23.2 Å². The van der Waals surface area contributed by atoms with E-state index < -0.39 is 0 Å². The number of nitrogens with zero attached hydrogens (tertiary/aromatic N) is 2. The van der Waals surface area contributed by atoms with Crippen molar-refractivity contribution >= 4 is 16.9 Å². The molecular weight excluding hydrogens is 270 g/mol. The van der Waals surface area contributed by atoms with Crippen molar-refractivity contribution in [3.05, 3.63) is 17.7 Å². The minimum Gasteiger partial charge on any atom is -0.493 e. The maximum absolute atomic E-state index is 11.0. The van der Waals surface area contributed by atoms with E-state index in [1.165, 1.54) is 12.5 Å². The molecular formula is C15H19N3O3. The van der Waals surface area contributed by atoms with Crippen molar-refractivity contribution in [2.24, 2.45) is 0 Å². The molecule has 0 saturated carbocycles. The van der Waals surface area contributed by atoms with Crippen LogP contribution in [0.5, 0.6) is 11.8 Å². The predicted molar refractivity (Wildman–Crippen MR) is 78.8 cm³/mol. The van der Waals surface area contributed by atoms with E-state index in [0.29, 0.717) is 32.3 Å². The molecule has 0 spiro atoms. The van der Waals surface area contributed by atoms with E-state index in [1.54, 1.807) is 0 Å². The van der Waals surface area contributed by atoms with Crippen LogP contribution in [0.3, 0.4) is 0 Å². The van der Waals surface area contributed by atoms with E-state index in [2.05, 4.69) is 10.3 Å². The molecule has 1 aromatic carbocycles. The topological polar surface area (TPSA) is 65.4 Å². The third-order valence-corrected chi connectivity index (χ3v) is 3.53. The highest BCUT2D eigenvalue weighted by molar-refractivity contribution is 5.83. The van der Waals surface area contributed by atoms with E-state index >= 15 is 0 Å². The monoisotopic (exact) mass is 289 g/mol. The highest BCUT2D eigenvalue weighted by atomic mass is 16.5. The van der Waals surface area contributed by atoms with Gasteiger partial charge in [0.05, 0.1) is 24.2 Å². The van der Waals surface area contributed by atoms with Crippen molar-refractivity contribution in [2.45, 2.75) is 26.8 Å². The van der Waals surface area contributed by atoms with Crippen molar-refractivity contribution in [1.29, 1.82) is 0 Å². The lowest BCUT2D eigenvalue weighted by atomic mass is 10.1. The largest absolute Gasteiger partial charge is 0.493 e. The minimum absolute atomic E-state index is 0.0362. The molecule has 0 bridgehead atoms.